The molecule has 2 aromatic rings. The third kappa shape index (κ3) is 7.28. The zero-order valence-corrected chi connectivity index (χ0v) is 21.6. The van der Waals surface area contributed by atoms with E-state index in [1.807, 2.05) is 6.92 Å². The van der Waals surface area contributed by atoms with Gasteiger partial charge in [-0.2, -0.15) is 0 Å². The minimum atomic E-state index is -0.335. The molecule has 0 aliphatic heterocycles. The quantitative estimate of drug-likeness (QED) is 0.295. The molecule has 3 rings (SSSR count). The van der Waals surface area contributed by atoms with Crippen LogP contribution in [0.1, 0.15) is 54.6 Å². The van der Waals surface area contributed by atoms with Gasteiger partial charge in [0.25, 0.3) is 0 Å². The Morgan fingerprint density at radius 1 is 1.00 bits per heavy atom. The molecule has 1 aliphatic rings. The Labute approximate surface area is 209 Å². The number of halogens is 1. The van der Waals surface area contributed by atoms with E-state index in [0.29, 0.717) is 36.3 Å². The standard InChI is InChI=1S/C27H37NO5.ClH/c1-5-28(23-12-9-21-18-24(32-6-2)13-10-20(21)17-23)15-7-8-16-33-27(29)22-11-14-25(30-3)26(19-22)31-4;/h10-11,13-14,18-19,23H,5-9,12,15-17H2,1-4H3;1H. The molecule has 0 amide bonds. The average Bonchev–Trinajstić information content (AvgIpc) is 2.85. The lowest BCUT2D eigenvalue weighted by atomic mass is 9.87. The maximum atomic E-state index is 12.4. The average molecular weight is 492 g/mol. The third-order valence-electron chi connectivity index (χ3n) is 6.31. The van der Waals surface area contributed by atoms with Crippen LogP contribution >= 0.6 is 12.4 Å². The first-order valence-electron chi connectivity index (χ1n) is 12.0. The van der Waals surface area contributed by atoms with Crippen molar-refractivity contribution in [3.63, 3.8) is 0 Å². The number of aryl methyl sites for hydroxylation is 1. The third-order valence-corrected chi connectivity index (χ3v) is 6.31. The summed E-state index contributed by atoms with van der Waals surface area (Å²) in [5, 5.41) is 0. The predicted molar refractivity (Wildman–Crippen MR) is 137 cm³/mol. The van der Waals surface area contributed by atoms with Crippen LogP contribution in [0.4, 0.5) is 0 Å². The fourth-order valence-corrected chi connectivity index (χ4v) is 4.51. The van der Waals surface area contributed by atoms with Crippen LogP contribution in [0, 0.1) is 0 Å². The molecule has 1 atom stereocenters. The maximum absolute atomic E-state index is 12.4. The number of benzene rings is 2. The summed E-state index contributed by atoms with van der Waals surface area (Å²) in [5.74, 6) is 1.76. The van der Waals surface area contributed by atoms with Crippen molar-refractivity contribution in [2.24, 2.45) is 0 Å². The number of unbranched alkanes of at least 4 members (excludes halogenated alkanes) is 1. The van der Waals surface area contributed by atoms with E-state index in [-0.39, 0.29) is 18.4 Å². The number of carbonyl (C=O) groups is 1. The predicted octanol–water partition coefficient (Wildman–Crippen LogP) is 5.34. The molecule has 1 unspecified atom stereocenters. The number of rotatable bonds is 12. The van der Waals surface area contributed by atoms with Gasteiger partial charge in [-0.15, -0.1) is 12.4 Å². The fourth-order valence-electron chi connectivity index (χ4n) is 4.51. The van der Waals surface area contributed by atoms with E-state index >= 15 is 0 Å². The second kappa shape index (κ2) is 14.1. The largest absolute Gasteiger partial charge is 0.494 e. The number of methoxy groups -OCH3 is 2. The van der Waals surface area contributed by atoms with E-state index < -0.39 is 0 Å². The van der Waals surface area contributed by atoms with Crippen molar-refractivity contribution >= 4 is 18.4 Å². The molecule has 0 aromatic heterocycles. The number of hydrogen-bond donors (Lipinski definition) is 0. The van der Waals surface area contributed by atoms with Crippen molar-refractivity contribution in [3.05, 3.63) is 53.1 Å². The summed E-state index contributed by atoms with van der Waals surface area (Å²) in [6.45, 7) is 7.41. The molecule has 0 saturated carbocycles. The SMILES string of the molecule is CCOc1ccc2c(c1)CCC(N(CC)CCCCOC(=O)c1ccc(OC)c(OC)c1)C2.Cl. The van der Waals surface area contributed by atoms with Crippen LogP contribution in [0.5, 0.6) is 17.2 Å². The van der Waals surface area contributed by atoms with E-state index in [1.165, 1.54) is 17.5 Å². The molecule has 0 fully saturated rings. The van der Waals surface area contributed by atoms with Gasteiger partial charge in [0.1, 0.15) is 5.75 Å². The zero-order chi connectivity index (χ0) is 23.6. The number of ether oxygens (including phenoxy) is 4. The van der Waals surface area contributed by atoms with Gasteiger partial charge in [0.2, 0.25) is 0 Å². The van der Waals surface area contributed by atoms with Gasteiger partial charge in [0.05, 0.1) is 33.0 Å². The van der Waals surface area contributed by atoms with E-state index in [0.717, 1.165) is 44.5 Å². The van der Waals surface area contributed by atoms with Crippen molar-refractivity contribution < 1.29 is 23.7 Å². The van der Waals surface area contributed by atoms with Crippen LogP contribution in [-0.4, -0.2) is 57.4 Å². The minimum Gasteiger partial charge on any atom is -0.494 e. The molecule has 0 radical (unpaired) electrons. The Kier molecular flexibility index (Phi) is 11.5. The molecule has 0 bridgehead atoms. The Bertz CT molecular complexity index is 920. The first kappa shape index (κ1) is 27.8. The topological polar surface area (TPSA) is 57.2 Å². The van der Waals surface area contributed by atoms with Gasteiger partial charge in [-0.25, -0.2) is 4.79 Å². The summed E-state index contributed by atoms with van der Waals surface area (Å²) in [4.78, 5) is 14.9. The van der Waals surface area contributed by atoms with Crippen molar-refractivity contribution in [2.45, 2.75) is 52.0 Å². The summed E-state index contributed by atoms with van der Waals surface area (Å²) in [6.07, 6.45) is 5.20. The van der Waals surface area contributed by atoms with Gasteiger partial charge in [0, 0.05) is 6.04 Å². The van der Waals surface area contributed by atoms with Crippen LogP contribution in [0.2, 0.25) is 0 Å². The van der Waals surface area contributed by atoms with Gasteiger partial charge in [-0.1, -0.05) is 13.0 Å². The van der Waals surface area contributed by atoms with Gasteiger partial charge < -0.3 is 23.8 Å². The first-order chi connectivity index (χ1) is 16.1. The molecule has 2 aromatic carbocycles. The van der Waals surface area contributed by atoms with Gasteiger partial charge >= 0.3 is 5.97 Å². The number of hydrogen-bond acceptors (Lipinski definition) is 6. The van der Waals surface area contributed by atoms with Gasteiger partial charge in [-0.05, 0) is 93.6 Å². The molecule has 1 aliphatic carbocycles. The van der Waals surface area contributed by atoms with E-state index in [9.17, 15) is 4.79 Å². The number of esters is 1. The van der Waals surface area contributed by atoms with E-state index in [2.05, 4.69) is 30.0 Å². The Balaban J connectivity index is 0.00000408. The lowest BCUT2D eigenvalue weighted by molar-refractivity contribution is 0.0492. The lowest BCUT2D eigenvalue weighted by Gasteiger charge is -2.34. The van der Waals surface area contributed by atoms with Crippen LogP contribution in [0.25, 0.3) is 0 Å². The van der Waals surface area contributed by atoms with Crippen LogP contribution in [-0.2, 0) is 17.6 Å². The molecular formula is C27H38ClNO5. The highest BCUT2D eigenvalue weighted by Crippen LogP contribution is 2.29. The molecule has 0 heterocycles. The highest BCUT2D eigenvalue weighted by Gasteiger charge is 2.23. The van der Waals surface area contributed by atoms with Gasteiger partial charge in [0.15, 0.2) is 11.5 Å². The van der Waals surface area contributed by atoms with Crippen molar-refractivity contribution in [3.8, 4) is 17.2 Å². The second-order valence-electron chi connectivity index (χ2n) is 8.30. The summed E-state index contributed by atoms with van der Waals surface area (Å²) in [6, 6.07) is 12.2. The van der Waals surface area contributed by atoms with Crippen LogP contribution in [0.15, 0.2) is 36.4 Å². The van der Waals surface area contributed by atoms with E-state index in [1.54, 1.807) is 32.4 Å². The summed E-state index contributed by atoms with van der Waals surface area (Å²) < 4.78 is 21.6. The Hall–Kier alpha value is -2.44. The zero-order valence-electron chi connectivity index (χ0n) is 20.8. The van der Waals surface area contributed by atoms with Crippen LogP contribution < -0.4 is 14.2 Å². The Morgan fingerprint density at radius 2 is 1.79 bits per heavy atom. The first-order valence-corrected chi connectivity index (χ1v) is 12.0. The highest BCUT2D eigenvalue weighted by atomic mass is 35.5. The molecule has 7 heteroatoms. The number of fused-ring (bicyclic) bond motifs is 1. The normalized spacial score (nSPS) is 14.7. The minimum absolute atomic E-state index is 0. The molecule has 188 valence electrons. The molecular weight excluding hydrogens is 454 g/mol. The highest BCUT2D eigenvalue weighted by molar-refractivity contribution is 5.90. The van der Waals surface area contributed by atoms with Crippen LogP contribution in [0.3, 0.4) is 0 Å². The van der Waals surface area contributed by atoms with Gasteiger partial charge in [-0.3, -0.25) is 0 Å². The second-order valence-corrected chi connectivity index (χ2v) is 8.30. The van der Waals surface area contributed by atoms with E-state index in [4.69, 9.17) is 18.9 Å². The number of likely N-dealkylation sites (N-methyl/N-ethyl adjacent to an activating group) is 1. The number of carbonyl (C=O) groups excluding carboxylic acids is 1. The fraction of sp³-hybridized carbons (Fsp3) is 0.519. The van der Waals surface area contributed by atoms with Crippen molar-refractivity contribution in [1.82, 2.24) is 4.90 Å². The molecule has 34 heavy (non-hydrogen) atoms. The number of nitrogens with zero attached hydrogens (tertiary/aromatic N) is 1. The van der Waals surface area contributed by atoms with Crippen molar-refractivity contribution in [2.75, 3.05) is 40.5 Å². The molecule has 0 N–H and O–H groups in total. The molecule has 6 nitrogen and oxygen atoms in total. The summed E-state index contributed by atoms with van der Waals surface area (Å²) >= 11 is 0. The van der Waals surface area contributed by atoms with Crippen molar-refractivity contribution in [1.29, 1.82) is 0 Å². The monoisotopic (exact) mass is 491 g/mol. The molecule has 0 spiro atoms. The lowest BCUT2D eigenvalue weighted by Crippen LogP contribution is -2.39. The molecule has 0 saturated heterocycles. The smallest absolute Gasteiger partial charge is 0.338 e. The Morgan fingerprint density at radius 3 is 2.50 bits per heavy atom. The maximum Gasteiger partial charge on any atom is 0.338 e. The summed E-state index contributed by atoms with van der Waals surface area (Å²) in [5.41, 5.74) is 3.34. The summed E-state index contributed by atoms with van der Waals surface area (Å²) in [7, 11) is 3.12.